The molecule has 0 aromatic heterocycles. The fraction of sp³-hybridized carbons (Fsp3) is 0.667. The lowest BCUT2D eigenvalue weighted by molar-refractivity contribution is 0.390. The van der Waals surface area contributed by atoms with Gasteiger partial charge in [-0.1, -0.05) is 54.8 Å². The molecule has 1 N–H and O–H groups in total. The highest BCUT2D eigenvalue weighted by Crippen LogP contribution is 2.25. The monoisotopic (exact) mass is 339 g/mol. The van der Waals surface area contributed by atoms with E-state index in [9.17, 15) is 0 Å². The lowest BCUT2D eigenvalue weighted by atomic mass is 9.91. The van der Waals surface area contributed by atoms with E-state index in [1.54, 1.807) is 0 Å². The van der Waals surface area contributed by atoms with Gasteiger partial charge in [0.05, 0.1) is 0 Å². The van der Waals surface area contributed by atoms with Gasteiger partial charge in [0.2, 0.25) is 0 Å². The van der Waals surface area contributed by atoms with Crippen molar-refractivity contribution in [1.29, 1.82) is 0 Å². The molecule has 1 atom stereocenters. The molecule has 0 bridgehead atoms. The topological polar surface area (TPSA) is 12.0 Å². The fourth-order valence-corrected chi connectivity index (χ4v) is 2.59. The third-order valence-electron chi connectivity index (χ3n) is 3.55. The molecule has 1 rings (SSSR count). The van der Waals surface area contributed by atoms with Gasteiger partial charge in [0.1, 0.15) is 0 Å². The van der Waals surface area contributed by atoms with Gasteiger partial charge in [-0.3, -0.25) is 0 Å². The van der Waals surface area contributed by atoms with Crippen LogP contribution in [0.1, 0.15) is 65.4 Å². The lowest BCUT2D eigenvalue weighted by Crippen LogP contribution is -2.38. The molecule has 1 aromatic carbocycles. The second-order valence-electron chi connectivity index (χ2n) is 7.20. The number of benzene rings is 1. The first-order valence-electron chi connectivity index (χ1n) is 7.78. The molecule has 20 heavy (non-hydrogen) atoms. The van der Waals surface area contributed by atoms with Crippen molar-refractivity contribution in [1.82, 2.24) is 5.32 Å². The minimum Gasteiger partial charge on any atom is -0.311 e. The zero-order valence-electron chi connectivity index (χ0n) is 13.7. The normalized spacial score (nSPS) is 13.8. The third kappa shape index (κ3) is 7.44. The molecule has 0 amide bonds. The fourth-order valence-electron chi connectivity index (χ4n) is 2.32. The van der Waals surface area contributed by atoms with Gasteiger partial charge in [0, 0.05) is 16.6 Å². The smallest absolute Gasteiger partial charge is 0.0175 e. The van der Waals surface area contributed by atoms with Crippen LogP contribution >= 0.6 is 15.9 Å². The third-order valence-corrected chi connectivity index (χ3v) is 4.08. The molecule has 0 aliphatic rings. The molecule has 0 aliphatic carbocycles. The predicted octanol–water partition coefficient (Wildman–Crippen LogP) is 5.75. The molecule has 0 saturated heterocycles. The van der Waals surface area contributed by atoms with Crippen molar-refractivity contribution in [2.45, 2.75) is 65.3 Å². The first kappa shape index (κ1) is 17.7. The highest BCUT2D eigenvalue weighted by atomic mass is 79.9. The van der Waals surface area contributed by atoms with Crippen LogP contribution in [0.2, 0.25) is 0 Å². The Balaban J connectivity index is 2.65. The molecule has 1 unspecified atom stereocenters. The van der Waals surface area contributed by atoms with E-state index in [1.165, 1.54) is 24.8 Å². The standard InChI is InChI=1S/C18H30BrN/c1-14(2)7-6-8-16(13-20-18(3,4)5)15-9-11-17(19)12-10-15/h9-12,14,16,20H,6-8,13H2,1-5H3. The summed E-state index contributed by atoms with van der Waals surface area (Å²) in [6.45, 7) is 12.4. The maximum Gasteiger partial charge on any atom is 0.0175 e. The van der Waals surface area contributed by atoms with Gasteiger partial charge in [-0.25, -0.2) is 0 Å². The van der Waals surface area contributed by atoms with Gasteiger partial charge in [-0.15, -0.1) is 0 Å². The molecule has 0 saturated carbocycles. The van der Waals surface area contributed by atoms with E-state index < -0.39 is 0 Å². The van der Waals surface area contributed by atoms with Crippen LogP contribution in [0.5, 0.6) is 0 Å². The molecular weight excluding hydrogens is 310 g/mol. The Morgan fingerprint density at radius 1 is 1.05 bits per heavy atom. The van der Waals surface area contributed by atoms with Gasteiger partial charge in [-0.05, 0) is 56.7 Å². The van der Waals surface area contributed by atoms with Crippen molar-refractivity contribution in [2.24, 2.45) is 5.92 Å². The summed E-state index contributed by atoms with van der Waals surface area (Å²) in [4.78, 5) is 0. The van der Waals surface area contributed by atoms with Crippen molar-refractivity contribution in [3.05, 3.63) is 34.3 Å². The molecular formula is C18H30BrN. The van der Waals surface area contributed by atoms with Crippen LogP contribution in [0.15, 0.2) is 28.7 Å². The summed E-state index contributed by atoms with van der Waals surface area (Å²) in [6.07, 6.45) is 3.90. The highest BCUT2D eigenvalue weighted by molar-refractivity contribution is 9.10. The van der Waals surface area contributed by atoms with Crippen LogP contribution in [0.3, 0.4) is 0 Å². The van der Waals surface area contributed by atoms with E-state index in [0.29, 0.717) is 5.92 Å². The SMILES string of the molecule is CC(C)CCCC(CNC(C)(C)C)c1ccc(Br)cc1. The van der Waals surface area contributed by atoms with E-state index in [-0.39, 0.29) is 5.54 Å². The van der Waals surface area contributed by atoms with Crippen molar-refractivity contribution in [3.8, 4) is 0 Å². The Morgan fingerprint density at radius 3 is 2.15 bits per heavy atom. The molecule has 0 aliphatic heterocycles. The van der Waals surface area contributed by atoms with Gasteiger partial charge >= 0.3 is 0 Å². The Hall–Kier alpha value is -0.340. The summed E-state index contributed by atoms with van der Waals surface area (Å²) in [7, 11) is 0. The van der Waals surface area contributed by atoms with Crippen molar-refractivity contribution >= 4 is 15.9 Å². The van der Waals surface area contributed by atoms with E-state index in [1.807, 2.05) is 0 Å². The zero-order chi connectivity index (χ0) is 15.2. The van der Waals surface area contributed by atoms with Crippen molar-refractivity contribution in [2.75, 3.05) is 6.54 Å². The van der Waals surface area contributed by atoms with Gasteiger partial charge in [0.25, 0.3) is 0 Å². The summed E-state index contributed by atoms with van der Waals surface area (Å²) < 4.78 is 1.16. The van der Waals surface area contributed by atoms with E-state index in [2.05, 4.69) is 80.1 Å². The average molecular weight is 340 g/mol. The Labute approximate surface area is 133 Å². The van der Waals surface area contributed by atoms with Gasteiger partial charge in [-0.2, -0.15) is 0 Å². The highest BCUT2D eigenvalue weighted by Gasteiger charge is 2.16. The minimum atomic E-state index is 0.186. The van der Waals surface area contributed by atoms with Gasteiger partial charge in [0.15, 0.2) is 0 Å². The summed E-state index contributed by atoms with van der Waals surface area (Å²) in [5, 5.41) is 3.66. The van der Waals surface area contributed by atoms with Crippen LogP contribution < -0.4 is 5.32 Å². The van der Waals surface area contributed by atoms with Crippen LogP contribution in [0.4, 0.5) is 0 Å². The van der Waals surface area contributed by atoms with Crippen LogP contribution in [-0.4, -0.2) is 12.1 Å². The van der Waals surface area contributed by atoms with Crippen molar-refractivity contribution < 1.29 is 0 Å². The van der Waals surface area contributed by atoms with Crippen LogP contribution in [-0.2, 0) is 0 Å². The molecule has 0 heterocycles. The average Bonchev–Trinajstić information content (AvgIpc) is 2.33. The number of hydrogen-bond donors (Lipinski definition) is 1. The molecule has 1 nitrogen and oxygen atoms in total. The lowest BCUT2D eigenvalue weighted by Gasteiger charge is -2.26. The summed E-state index contributed by atoms with van der Waals surface area (Å²) in [6, 6.07) is 8.83. The first-order chi connectivity index (χ1) is 9.28. The minimum absolute atomic E-state index is 0.186. The first-order valence-corrected chi connectivity index (χ1v) is 8.58. The zero-order valence-corrected chi connectivity index (χ0v) is 15.3. The summed E-state index contributed by atoms with van der Waals surface area (Å²) in [5.74, 6) is 1.41. The number of nitrogens with one attached hydrogen (secondary N) is 1. The molecule has 0 radical (unpaired) electrons. The maximum absolute atomic E-state index is 3.66. The molecule has 1 aromatic rings. The van der Waals surface area contributed by atoms with Crippen LogP contribution in [0, 0.1) is 5.92 Å². The summed E-state index contributed by atoms with van der Waals surface area (Å²) >= 11 is 3.52. The number of halogens is 1. The van der Waals surface area contributed by atoms with Gasteiger partial charge < -0.3 is 5.32 Å². The van der Waals surface area contributed by atoms with E-state index >= 15 is 0 Å². The molecule has 0 spiro atoms. The molecule has 0 fully saturated rings. The quantitative estimate of drug-likeness (QED) is 0.667. The Bertz CT molecular complexity index is 375. The Morgan fingerprint density at radius 2 is 1.65 bits per heavy atom. The maximum atomic E-state index is 3.66. The van der Waals surface area contributed by atoms with E-state index in [0.717, 1.165) is 16.9 Å². The Kier molecular flexibility index (Phi) is 7.25. The molecule has 2 heteroatoms. The number of hydrogen-bond acceptors (Lipinski definition) is 1. The summed E-state index contributed by atoms with van der Waals surface area (Å²) in [5.41, 5.74) is 1.64. The largest absolute Gasteiger partial charge is 0.311 e. The van der Waals surface area contributed by atoms with E-state index in [4.69, 9.17) is 0 Å². The second kappa shape index (κ2) is 8.19. The second-order valence-corrected chi connectivity index (χ2v) is 8.12. The predicted molar refractivity (Wildman–Crippen MR) is 93.3 cm³/mol. The number of rotatable bonds is 7. The molecule has 114 valence electrons. The van der Waals surface area contributed by atoms with Crippen molar-refractivity contribution in [3.63, 3.8) is 0 Å². The van der Waals surface area contributed by atoms with Crippen LogP contribution in [0.25, 0.3) is 0 Å².